The minimum Gasteiger partial charge on any atom is -0.507 e. The molecule has 0 aliphatic carbocycles. The van der Waals surface area contributed by atoms with E-state index in [1.54, 1.807) is 12.3 Å². The minimum atomic E-state index is 0.172. The molecule has 1 aromatic heterocycles. The average molecular weight is 467 g/mol. The second kappa shape index (κ2) is 9.16. The maximum Gasteiger partial charge on any atom is 0.227 e. The molecule has 5 rings (SSSR count). The lowest BCUT2D eigenvalue weighted by molar-refractivity contribution is 0.474. The maximum absolute atomic E-state index is 10.3. The molecule has 168 valence electrons. The Bertz CT molecular complexity index is 1540. The molecule has 0 atom stereocenters. The fourth-order valence-corrected chi connectivity index (χ4v) is 4.02. The molecule has 5 heteroatoms. The number of halogens is 1. The van der Waals surface area contributed by atoms with Crippen molar-refractivity contribution in [2.75, 3.05) is 0 Å². The molecule has 4 aromatic carbocycles. The van der Waals surface area contributed by atoms with Gasteiger partial charge in [0.25, 0.3) is 0 Å². The van der Waals surface area contributed by atoms with Gasteiger partial charge in [-0.05, 0) is 91.1 Å². The Morgan fingerprint density at radius 2 is 1.79 bits per heavy atom. The molecule has 0 amide bonds. The van der Waals surface area contributed by atoms with Gasteiger partial charge in [-0.25, -0.2) is 4.98 Å². The summed E-state index contributed by atoms with van der Waals surface area (Å²) in [6, 6.07) is 25.1. The Morgan fingerprint density at radius 1 is 0.941 bits per heavy atom. The van der Waals surface area contributed by atoms with Gasteiger partial charge in [0.05, 0.1) is 5.69 Å². The van der Waals surface area contributed by atoms with E-state index in [4.69, 9.17) is 16.0 Å². The Morgan fingerprint density at radius 3 is 2.62 bits per heavy atom. The third kappa shape index (κ3) is 4.59. The summed E-state index contributed by atoms with van der Waals surface area (Å²) < 4.78 is 5.95. The van der Waals surface area contributed by atoms with Crippen LogP contribution in [0.1, 0.15) is 27.8 Å². The first-order valence-corrected chi connectivity index (χ1v) is 11.4. The van der Waals surface area contributed by atoms with E-state index in [0.29, 0.717) is 23.5 Å². The molecule has 5 aromatic rings. The van der Waals surface area contributed by atoms with Gasteiger partial charge in [0.2, 0.25) is 5.89 Å². The van der Waals surface area contributed by atoms with Gasteiger partial charge in [0, 0.05) is 22.4 Å². The number of rotatable bonds is 5. The topological polar surface area (TPSA) is 58.6 Å². The van der Waals surface area contributed by atoms with Crippen LogP contribution >= 0.6 is 11.6 Å². The van der Waals surface area contributed by atoms with Crippen molar-refractivity contribution >= 4 is 34.6 Å². The van der Waals surface area contributed by atoms with Crippen LogP contribution in [-0.4, -0.2) is 16.3 Å². The fourth-order valence-electron chi connectivity index (χ4n) is 3.82. The van der Waals surface area contributed by atoms with Crippen LogP contribution in [0.3, 0.4) is 0 Å². The number of nitrogens with zero attached hydrogens (tertiary/aromatic N) is 2. The van der Waals surface area contributed by atoms with Crippen molar-refractivity contribution in [3.05, 3.63) is 112 Å². The first-order chi connectivity index (χ1) is 16.5. The SMILES string of the molecule is Cc1ccc(-c2nc3cc(N=Cc4cc(Cc5ccccc5Cl)ccc4O)ccc3o2)cc1C. The predicted molar refractivity (Wildman–Crippen MR) is 139 cm³/mol. The van der Waals surface area contributed by atoms with Crippen LogP contribution in [0.2, 0.25) is 5.02 Å². The molecular weight excluding hydrogens is 444 g/mol. The number of hydrogen-bond donors (Lipinski definition) is 1. The first kappa shape index (κ1) is 21.9. The number of aromatic hydroxyl groups is 1. The summed E-state index contributed by atoms with van der Waals surface area (Å²) >= 11 is 6.30. The van der Waals surface area contributed by atoms with Gasteiger partial charge in [-0.3, -0.25) is 4.99 Å². The van der Waals surface area contributed by atoms with E-state index < -0.39 is 0 Å². The van der Waals surface area contributed by atoms with Crippen molar-refractivity contribution in [3.63, 3.8) is 0 Å². The zero-order chi connectivity index (χ0) is 23.7. The lowest BCUT2D eigenvalue weighted by Crippen LogP contribution is -1.92. The summed E-state index contributed by atoms with van der Waals surface area (Å²) in [4.78, 5) is 9.22. The zero-order valence-electron chi connectivity index (χ0n) is 18.9. The molecule has 0 unspecified atom stereocenters. The molecule has 1 heterocycles. The van der Waals surface area contributed by atoms with Crippen molar-refractivity contribution in [1.82, 2.24) is 4.98 Å². The third-order valence-corrected chi connectivity index (χ3v) is 6.29. The van der Waals surface area contributed by atoms with Gasteiger partial charge in [-0.15, -0.1) is 0 Å². The number of aryl methyl sites for hydroxylation is 2. The Kier molecular flexibility index (Phi) is 5.91. The van der Waals surface area contributed by atoms with Gasteiger partial charge in [0.1, 0.15) is 11.3 Å². The number of hydrogen-bond acceptors (Lipinski definition) is 4. The number of aromatic nitrogens is 1. The minimum absolute atomic E-state index is 0.172. The molecule has 0 fully saturated rings. The molecule has 4 nitrogen and oxygen atoms in total. The second-order valence-corrected chi connectivity index (χ2v) is 8.80. The van der Waals surface area contributed by atoms with E-state index in [9.17, 15) is 5.11 Å². The van der Waals surface area contributed by atoms with E-state index >= 15 is 0 Å². The molecule has 0 aliphatic rings. The molecule has 1 N–H and O–H groups in total. The monoisotopic (exact) mass is 466 g/mol. The van der Waals surface area contributed by atoms with Gasteiger partial charge in [-0.1, -0.05) is 41.9 Å². The normalized spacial score (nSPS) is 11.5. The zero-order valence-corrected chi connectivity index (χ0v) is 19.7. The molecule has 34 heavy (non-hydrogen) atoms. The van der Waals surface area contributed by atoms with Crippen LogP contribution in [0.4, 0.5) is 5.69 Å². The molecule has 0 saturated heterocycles. The molecule has 0 saturated carbocycles. The summed E-state index contributed by atoms with van der Waals surface area (Å²) in [5.74, 6) is 0.760. The highest BCUT2D eigenvalue weighted by molar-refractivity contribution is 6.31. The van der Waals surface area contributed by atoms with Gasteiger partial charge in [0.15, 0.2) is 5.58 Å². The van der Waals surface area contributed by atoms with Crippen LogP contribution < -0.4 is 0 Å². The number of phenolic OH excluding ortho intramolecular Hbond substituents is 1. The second-order valence-electron chi connectivity index (χ2n) is 8.39. The predicted octanol–water partition coefficient (Wildman–Crippen LogP) is 7.81. The molecule has 0 aliphatic heterocycles. The molecule has 0 spiro atoms. The van der Waals surface area contributed by atoms with Crippen molar-refractivity contribution in [2.24, 2.45) is 4.99 Å². The van der Waals surface area contributed by atoms with E-state index in [1.165, 1.54) is 11.1 Å². The summed E-state index contributed by atoms with van der Waals surface area (Å²) in [5.41, 5.74) is 8.26. The van der Waals surface area contributed by atoms with Gasteiger partial charge < -0.3 is 9.52 Å². The number of oxazole rings is 1. The highest BCUT2D eigenvalue weighted by atomic mass is 35.5. The van der Waals surface area contributed by atoms with Gasteiger partial charge in [-0.2, -0.15) is 0 Å². The lowest BCUT2D eigenvalue weighted by Gasteiger charge is -2.06. The summed E-state index contributed by atoms with van der Waals surface area (Å²) in [6.07, 6.45) is 2.34. The van der Waals surface area contributed by atoms with E-state index in [-0.39, 0.29) is 5.75 Å². The Balaban J connectivity index is 1.40. The van der Waals surface area contributed by atoms with Crippen LogP contribution in [0.25, 0.3) is 22.6 Å². The molecule has 0 bridgehead atoms. The molecular formula is C29H23ClN2O2. The summed E-state index contributed by atoms with van der Waals surface area (Å²) in [6.45, 7) is 4.16. The van der Waals surface area contributed by atoms with E-state index in [1.807, 2.05) is 60.7 Å². The number of benzene rings is 4. The molecule has 0 radical (unpaired) electrons. The van der Waals surface area contributed by atoms with Crippen molar-refractivity contribution in [3.8, 4) is 17.2 Å². The van der Waals surface area contributed by atoms with Crippen molar-refractivity contribution < 1.29 is 9.52 Å². The summed E-state index contributed by atoms with van der Waals surface area (Å²) in [5, 5.41) is 11.1. The van der Waals surface area contributed by atoms with Gasteiger partial charge >= 0.3 is 0 Å². The summed E-state index contributed by atoms with van der Waals surface area (Å²) in [7, 11) is 0. The Labute approximate surface area is 203 Å². The lowest BCUT2D eigenvalue weighted by atomic mass is 10.0. The van der Waals surface area contributed by atoms with Crippen molar-refractivity contribution in [2.45, 2.75) is 20.3 Å². The van der Waals surface area contributed by atoms with Crippen LogP contribution in [-0.2, 0) is 6.42 Å². The number of fused-ring (bicyclic) bond motifs is 1. The number of aliphatic imine (C=N–C) groups is 1. The first-order valence-electron chi connectivity index (χ1n) is 11.0. The smallest absolute Gasteiger partial charge is 0.227 e. The third-order valence-electron chi connectivity index (χ3n) is 5.92. The Hall–Kier alpha value is -3.89. The maximum atomic E-state index is 10.3. The number of phenols is 1. The van der Waals surface area contributed by atoms with Crippen LogP contribution in [0.15, 0.2) is 88.3 Å². The highest BCUT2D eigenvalue weighted by Gasteiger charge is 2.10. The van der Waals surface area contributed by atoms with E-state index in [2.05, 4.69) is 36.0 Å². The van der Waals surface area contributed by atoms with Crippen LogP contribution in [0, 0.1) is 13.8 Å². The van der Waals surface area contributed by atoms with Crippen LogP contribution in [0.5, 0.6) is 5.75 Å². The van der Waals surface area contributed by atoms with Crippen molar-refractivity contribution in [1.29, 1.82) is 0 Å². The average Bonchev–Trinajstić information content (AvgIpc) is 3.26. The fraction of sp³-hybridized carbons (Fsp3) is 0.103. The standard InChI is InChI=1S/C29H23ClN2O2/c1-18-7-9-22(13-19(18)2)29-32-26-16-24(10-12-28(26)34-29)31-17-23-15-20(8-11-27(23)33)14-21-5-3-4-6-25(21)30/h3-13,15-17,33H,14H2,1-2H3. The van der Waals surface area contributed by atoms with E-state index in [0.717, 1.165) is 32.9 Å². The quantitative estimate of drug-likeness (QED) is 0.269. The largest absolute Gasteiger partial charge is 0.507 e. The highest BCUT2D eigenvalue weighted by Crippen LogP contribution is 2.29.